The molecule has 17 heavy (non-hydrogen) atoms. The molecule has 2 atom stereocenters. The summed E-state index contributed by atoms with van der Waals surface area (Å²) in [4.78, 5) is 14.8. The molecule has 9 heteroatoms. The Kier molecular flexibility index (Phi) is 4.75. The van der Waals surface area contributed by atoms with Crippen LogP contribution < -0.4 is 11.4 Å². The summed E-state index contributed by atoms with van der Waals surface area (Å²) < 4.78 is 19.5. The van der Waals surface area contributed by atoms with E-state index < -0.39 is 29.0 Å². The summed E-state index contributed by atoms with van der Waals surface area (Å²) in [7, 11) is 0. The maximum absolute atomic E-state index is 13.1. The maximum atomic E-state index is 13.1. The van der Waals surface area contributed by atoms with Gasteiger partial charge in [-0.25, -0.2) is 9.18 Å². The Morgan fingerprint density at radius 3 is 3.06 bits per heavy atom. The van der Waals surface area contributed by atoms with Gasteiger partial charge in [0.15, 0.2) is 11.6 Å². The third kappa shape index (κ3) is 2.89. The number of aromatic nitrogens is 2. The summed E-state index contributed by atoms with van der Waals surface area (Å²) >= 11 is 1.35. The first-order valence-corrected chi connectivity index (χ1v) is 5.58. The van der Waals surface area contributed by atoms with Crippen molar-refractivity contribution in [3.63, 3.8) is 0 Å². The van der Waals surface area contributed by atoms with Crippen LogP contribution in [0.3, 0.4) is 0 Å². The lowest BCUT2D eigenvalue weighted by molar-refractivity contribution is -0.00677. The fourth-order valence-corrected chi connectivity index (χ4v) is 2.28. The van der Waals surface area contributed by atoms with E-state index in [-0.39, 0.29) is 19.0 Å². The fourth-order valence-electron chi connectivity index (χ4n) is 1.35. The average Bonchev–Trinajstić information content (AvgIpc) is 2.71. The third-order valence-electron chi connectivity index (χ3n) is 2.13. The van der Waals surface area contributed by atoms with Crippen LogP contribution in [0.25, 0.3) is 0 Å². The summed E-state index contributed by atoms with van der Waals surface area (Å²) in [6, 6.07) is 0. The van der Waals surface area contributed by atoms with Crippen LogP contribution in [0, 0.1) is 5.82 Å². The minimum Gasteiger partial charge on any atom is -0.393 e. The molecule has 6 nitrogen and oxygen atoms in total. The minimum absolute atomic E-state index is 0. The van der Waals surface area contributed by atoms with E-state index in [9.17, 15) is 9.18 Å². The van der Waals surface area contributed by atoms with E-state index in [2.05, 4.69) is 4.98 Å². The fraction of sp³-hybridized carbons (Fsp3) is 0.500. The smallest absolute Gasteiger partial charge is 0.351 e. The largest absolute Gasteiger partial charge is 0.393 e. The minimum atomic E-state index is -0.763. The molecule has 1 aromatic rings. The number of ether oxygens (including phenoxy) is 1. The summed E-state index contributed by atoms with van der Waals surface area (Å²) in [5, 5.41) is 8.86. The monoisotopic (exact) mass is 283 g/mol. The molecule has 1 aliphatic rings. The van der Waals surface area contributed by atoms with Gasteiger partial charge in [-0.1, -0.05) is 0 Å². The Hall–Kier alpha value is -0.830. The third-order valence-corrected chi connectivity index (χ3v) is 3.24. The summed E-state index contributed by atoms with van der Waals surface area (Å²) in [5.74, 6) is -0.734. The standard InChI is InChI=1S/C8H10FN3O3S.ClH/c9-4-1-12(8(14)11-7(4)10)5-3-16-6(2-13)15-5;/h1,5-6,13H,2-3H2,(H2,10,11,14);1H/t5-,6+;/m0./s1. The number of nitrogen functional groups attached to an aromatic ring is 1. The second-order valence-corrected chi connectivity index (χ2v) is 4.39. The molecule has 0 spiro atoms. The first kappa shape index (κ1) is 14.2. The molecule has 1 aliphatic heterocycles. The Labute approximate surface area is 106 Å². The van der Waals surface area contributed by atoms with Gasteiger partial charge in [-0.2, -0.15) is 4.98 Å². The van der Waals surface area contributed by atoms with Crippen LogP contribution in [-0.4, -0.2) is 32.5 Å². The number of aliphatic hydroxyl groups is 1. The topological polar surface area (TPSA) is 90.4 Å². The van der Waals surface area contributed by atoms with E-state index >= 15 is 0 Å². The van der Waals surface area contributed by atoms with Crippen LogP contribution in [-0.2, 0) is 4.74 Å². The SMILES string of the molecule is Cl.Nc1nc(=O)n([C@@H]2CS[C@H](CO)O2)cc1F. The van der Waals surface area contributed by atoms with Crippen molar-refractivity contribution in [1.29, 1.82) is 0 Å². The van der Waals surface area contributed by atoms with Crippen LogP contribution >= 0.6 is 24.2 Å². The number of halogens is 2. The molecule has 0 saturated carbocycles. The molecule has 0 unspecified atom stereocenters. The van der Waals surface area contributed by atoms with Gasteiger partial charge in [0.2, 0.25) is 0 Å². The van der Waals surface area contributed by atoms with E-state index in [1.54, 1.807) is 0 Å². The molecule has 0 bridgehead atoms. The quantitative estimate of drug-likeness (QED) is 0.792. The van der Waals surface area contributed by atoms with Crippen LogP contribution in [0.1, 0.15) is 6.23 Å². The van der Waals surface area contributed by atoms with Crippen molar-refractivity contribution in [1.82, 2.24) is 9.55 Å². The predicted molar refractivity (Wildman–Crippen MR) is 63.6 cm³/mol. The number of nitrogens with two attached hydrogens (primary N) is 1. The van der Waals surface area contributed by atoms with Gasteiger partial charge in [-0.05, 0) is 0 Å². The number of rotatable bonds is 2. The van der Waals surface area contributed by atoms with Gasteiger partial charge >= 0.3 is 5.69 Å². The number of aliphatic hydroxyl groups excluding tert-OH is 1. The molecule has 0 aliphatic carbocycles. The number of thioether (sulfide) groups is 1. The van der Waals surface area contributed by atoms with Crippen molar-refractivity contribution in [3.8, 4) is 0 Å². The Balaban J connectivity index is 0.00000144. The zero-order valence-corrected chi connectivity index (χ0v) is 10.2. The summed E-state index contributed by atoms with van der Waals surface area (Å²) in [6.07, 6.45) is 0.354. The zero-order valence-electron chi connectivity index (χ0n) is 8.58. The molecule has 0 radical (unpaired) electrons. The van der Waals surface area contributed by atoms with Crippen molar-refractivity contribution in [3.05, 3.63) is 22.5 Å². The molecule has 1 saturated heterocycles. The van der Waals surface area contributed by atoms with E-state index in [4.69, 9.17) is 15.6 Å². The molecule has 1 fully saturated rings. The molecular formula is C8H11ClFN3O3S. The van der Waals surface area contributed by atoms with Gasteiger partial charge in [0, 0.05) is 5.75 Å². The Morgan fingerprint density at radius 2 is 2.47 bits per heavy atom. The number of nitrogens with zero attached hydrogens (tertiary/aromatic N) is 2. The van der Waals surface area contributed by atoms with E-state index in [0.29, 0.717) is 5.75 Å². The lowest BCUT2D eigenvalue weighted by atomic mass is 10.5. The van der Waals surface area contributed by atoms with Crippen molar-refractivity contribution in [2.75, 3.05) is 18.1 Å². The Bertz CT molecular complexity index is 458. The van der Waals surface area contributed by atoms with Gasteiger partial charge in [0.25, 0.3) is 0 Å². The van der Waals surface area contributed by atoms with E-state index in [0.717, 1.165) is 10.8 Å². The highest BCUT2D eigenvalue weighted by atomic mass is 35.5. The molecule has 1 aromatic heterocycles. The maximum Gasteiger partial charge on any atom is 0.351 e. The lowest BCUT2D eigenvalue weighted by Crippen LogP contribution is -2.29. The van der Waals surface area contributed by atoms with Crippen LogP contribution in [0.5, 0.6) is 0 Å². The lowest BCUT2D eigenvalue weighted by Gasteiger charge is -2.13. The van der Waals surface area contributed by atoms with Crippen LogP contribution in [0.4, 0.5) is 10.2 Å². The first-order valence-electron chi connectivity index (χ1n) is 4.54. The zero-order chi connectivity index (χ0) is 11.7. The van der Waals surface area contributed by atoms with Gasteiger partial charge in [0.1, 0.15) is 11.7 Å². The van der Waals surface area contributed by atoms with Gasteiger partial charge < -0.3 is 15.6 Å². The molecule has 2 heterocycles. The van der Waals surface area contributed by atoms with Crippen molar-refractivity contribution >= 4 is 30.0 Å². The Morgan fingerprint density at radius 1 is 1.76 bits per heavy atom. The highest BCUT2D eigenvalue weighted by Crippen LogP contribution is 2.30. The first-order chi connectivity index (χ1) is 7.61. The average molecular weight is 284 g/mol. The van der Waals surface area contributed by atoms with Crippen LogP contribution in [0.2, 0.25) is 0 Å². The number of anilines is 1. The number of hydrogen-bond acceptors (Lipinski definition) is 6. The predicted octanol–water partition coefficient (Wildman–Crippen LogP) is -0.0332. The highest BCUT2D eigenvalue weighted by molar-refractivity contribution is 8.00. The molecule has 0 amide bonds. The second-order valence-electron chi connectivity index (χ2n) is 3.20. The van der Waals surface area contributed by atoms with Gasteiger partial charge in [-0.15, -0.1) is 24.2 Å². The molecule has 2 rings (SSSR count). The highest BCUT2D eigenvalue weighted by Gasteiger charge is 2.27. The van der Waals surface area contributed by atoms with Crippen molar-refractivity contribution < 1.29 is 14.2 Å². The van der Waals surface area contributed by atoms with E-state index in [1.807, 2.05) is 0 Å². The van der Waals surface area contributed by atoms with Crippen molar-refractivity contribution in [2.45, 2.75) is 11.7 Å². The molecule has 96 valence electrons. The normalized spacial score (nSPS) is 23.4. The van der Waals surface area contributed by atoms with Gasteiger partial charge in [0.05, 0.1) is 12.8 Å². The molecule has 0 aromatic carbocycles. The van der Waals surface area contributed by atoms with Gasteiger partial charge in [-0.3, -0.25) is 4.57 Å². The van der Waals surface area contributed by atoms with Crippen molar-refractivity contribution in [2.24, 2.45) is 0 Å². The number of hydrogen-bond donors (Lipinski definition) is 2. The second kappa shape index (κ2) is 5.67. The molecule has 3 N–H and O–H groups in total. The molecular weight excluding hydrogens is 273 g/mol. The summed E-state index contributed by atoms with van der Waals surface area (Å²) in [5.41, 5.74) is 4.10. The van der Waals surface area contributed by atoms with Crippen LogP contribution in [0.15, 0.2) is 11.0 Å². The summed E-state index contributed by atoms with van der Waals surface area (Å²) in [6.45, 7) is -0.152. The van der Waals surface area contributed by atoms with E-state index in [1.165, 1.54) is 11.8 Å².